The maximum Gasteiger partial charge on any atom is 0.263 e. The molecular weight excluding hydrogens is 312 g/mol. The number of rotatable bonds is 3. The highest BCUT2D eigenvalue weighted by molar-refractivity contribution is 7.84. The molecule has 2 heterocycles. The van der Waals surface area contributed by atoms with Crippen LogP contribution >= 0.6 is 23.6 Å². The lowest BCUT2D eigenvalue weighted by Crippen LogP contribution is -2.28. The molecule has 0 saturated carbocycles. The Morgan fingerprint density at radius 2 is 2.25 bits per heavy atom. The Labute approximate surface area is 128 Å². The Morgan fingerprint density at radius 1 is 1.50 bits per heavy atom. The molecule has 3 rings (SSSR count). The first-order chi connectivity index (χ1) is 9.49. The van der Waals surface area contributed by atoms with Gasteiger partial charge in [-0.1, -0.05) is 0 Å². The average Bonchev–Trinajstić information content (AvgIpc) is 2.93. The van der Waals surface area contributed by atoms with Crippen molar-refractivity contribution in [2.75, 3.05) is 6.26 Å². The molecule has 4 nitrogen and oxygen atoms in total. The zero-order chi connectivity index (χ0) is 14.4. The van der Waals surface area contributed by atoms with Gasteiger partial charge < -0.3 is 4.98 Å². The Morgan fingerprint density at radius 3 is 2.95 bits per heavy atom. The van der Waals surface area contributed by atoms with Crippen molar-refractivity contribution in [3.05, 3.63) is 25.6 Å². The largest absolute Gasteiger partial charge is 0.323 e. The highest BCUT2D eigenvalue weighted by Crippen LogP contribution is 2.34. The number of nitrogens with zero attached hydrogens (tertiary/aromatic N) is 1. The molecule has 1 aliphatic rings. The molecule has 0 saturated heterocycles. The summed E-state index contributed by atoms with van der Waals surface area (Å²) in [7, 11) is -0.968. The molecule has 2 unspecified atom stereocenters. The standard InChI is InChI=1S/C13H16N2O2S3/c1-7(20(2)17)6-15-12(16)10-8-4-3-5-9(8)19-11(10)14-13(15)18/h7H,3-6H2,1-2H3,(H,14,18). The predicted octanol–water partition coefficient (Wildman–Crippen LogP) is 2.38. The van der Waals surface area contributed by atoms with Gasteiger partial charge in [0.25, 0.3) is 5.56 Å². The van der Waals surface area contributed by atoms with Crippen LogP contribution in [0.3, 0.4) is 0 Å². The van der Waals surface area contributed by atoms with E-state index in [1.54, 1.807) is 22.2 Å². The quantitative estimate of drug-likeness (QED) is 0.880. The van der Waals surface area contributed by atoms with Gasteiger partial charge in [-0.05, 0) is 44.0 Å². The number of aromatic nitrogens is 2. The highest BCUT2D eigenvalue weighted by atomic mass is 32.2. The number of H-pyrrole nitrogens is 1. The Bertz CT molecular complexity index is 815. The maximum absolute atomic E-state index is 12.7. The minimum Gasteiger partial charge on any atom is -0.323 e. The number of nitrogens with one attached hydrogen (secondary N) is 1. The van der Waals surface area contributed by atoms with Gasteiger partial charge in [0, 0.05) is 33.7 Å². The van der Waals surface area contributed by atoms with Crippen molar-refractivity contribution in [1.29, 1.82) is 0 Å². The van der Waals surface area contributed by atoms with Gasteiger partial charge in [0.15, 0.2) is 4.77 Å². The second-order valence-electron chi connectivity index (χ2n) is 5.22. The summed E-state index contributed by atoms with van der Waals surface area (Å²) >= 11 is 6.95. The van der Waals surface area contributed by atoms with Crippen molar-refractivity contribution < 1.29 is 4.21 Å². The van der Waals surface area contributed by atoms with Crippen LogP contribution in [0.2, 0.25) is 0 Å². The lowest BCUT2D eigenvalue weighted by Gasteiger charge is -2.11. The van der Waals surface area contributed by atoms with Crippen molar-refractivity contribution in [3.8, 4) is 0 Å². The number of thiophene rings is 1. The molecule has 2 aromatic heterocycles. The topological polar surface area (TPSA) is 54.9 Å². The number of hydrogen-bond donors (Lipinski definition) is 1. The molecule has 0 aliphatic heterocycles. The van der Waals surface area contributed by atoms with E-state index >= 15 is 0 Å². The van der Waals surface area contributed by atoms with E-state index in [1.807, 2.05) is 6.92 Å². The molecule has 1 N–H and O–H groups in total. The lowest BCUT2D eigenvalue weighted by molar-refractivity contribution is 0.621. The summed E-state index contributed by atoms with van der Waals surface area (Å²) < 4.78 is 13.5. The van der Waals surface area contributed by atoms with E-state index in [4.69, 9.17) is 12.2 Å². The number of aromatic amines is 1. The van der Waals surface area contributed by atoms with E-state index in [0.29, 0.717) is 11.3 Å². The summed E-state index contributed by atoms with van der Waals surface area (Å²) in [6.07, 6.45) is 4.82. The molecule has 2 atom stereocenters. The van der Waals surface area contributed by atoms with Crippen molar-refractivity contribution in [1.82, 2.24) is 9.55 Å². The Balaban J connectivity index is 2.21. The molecule has 0 radical (unpaired) electrons. The van der Waals surface area contributed by atoms with Crippen LogP contribution in [-0.4, -0.2) is 25.3 Å². The Hall–Kier alpha value is -0.790. The van der Waals surface area contributed by atoms with Gasteiger partial charge >= 0.3 is 0 Å². The molecule has 2 aromatic rings. The minimum atomic E-state index is -0.968. The molecule has 0 bridgehead atoms. The van der Waals surface area contributed by atoms with Crippen molar-refractivity contribution in [2.45, 2.75) is 38.0 Å². The SMILES string of the molecule is CC(Cn1c(=S)[nH]c2sc3c(c2c1=O)CCC3)S(C)=O. The van der Waals surface area contributed by atoms with Gasteiger partial charge in [0.1, 0.15) is 4.83 Å². The third-order valence-electron chi connectivity index (χ3n) is 3.85. The fourth-order valence-electron chi connectivity index (χ4n) is 2.64. The third kappa shape index (κ3) is 2.21. The van der Waals surface area contributed by atoms with Crippen LogP contribution in [0.15, 0.2) is 4.79 Å². The van der Waals surface area contributed by atoms with Crippen LogP contribution in [0.1, 0.15) is 23.8 Å². The minimum absolute atomic E-state index is 0.0274. The van der Waals surface area contributed by atoms with Crippen molar-refractivity contribution in [3.63, 3.8) is 0 Å². The zero-order valence-electron chi connectivity index (χ0n) is 11.4. The van der Waals surface area contributed by atoms with E-state index in [0.717, 1.165) is 29.5 Å². The molecule has 0 amide bonds. The third-order valence-corrected chi connectivity index (χ3v) is 6.66. The van der Waals surface area contributed by atoms with Gasteiger partial charge in [0.2, 0.25) is 0 Å². The van der Waals surface area contributed by atoms with E-state index in [9.17, 15) is 9.00 Å². The second kappa shape index (κ2) is 5.20. The summed E-state index contributed by atoms with van der Waals surface area (Å²) in [5.74, 6) is 0. The molecule has 20 heavy (non-hydrogen) atoms. The van der Waals surface area contributed by atoms with E-state index < -0.39 is 10.8 Å². The Kier molecular flexibility index (Phi) is 3.68. The van der Waals surface area contributed by atoms with Crippen LogP contribution in [-0.2, 0) is 30.2 Å². The van der Waals surface area contributed by atoms with E-state index in [-0.39, 0.29) is 10.8 Å². The number of fused-ring (bicyclic) bond motifs is 3. The summed E-state index contributed by atoms with van der Waals surface area (Å²) in [6, 6.07) is 0. The van der Waals surface area contributed by atoms with Crippen molar-refractivity contribution in [2.24, 2.45) is 0 Å². The van der Waals surface area contributed by atoms with Gasteiger partial charge in [-0.2, -0.15) is 0 Å². The van der Waals surface area contributed by atoms with Crippen molar-refractivity contribution >= 4 is 44.6 Å². The van der Waals surface area contributed by atoms with E-state index in [2.05, 4.69) is 4.98 Å². The molecule has 0 fully saturated rings. The normalized spacial score (nSPS) is 17.3. The number of aryl methyl sites for hydroxylation is 2. The molecular formula is C13H16N2O2S3. The summed E-state index contributed by atoms with van der Waals surface area (Å²) in [4.78, 5) is 18.1. The summed E-state index contributed by atoms with van der Waals surface area (Å²) in [5.41, 5.74) is 1.17. The monoisotopic (exact) mass is 328 g/mol. The second-order valence-corrected chi connectivity index (χ2v) is 8.51. The molecule has 7 heteroatoms. The summed E-state index contributed by atoms with van der Waals surface area (Å²) in [5, 5.41) is 0.706. The first-order valence-corrected chi connectivity index (χ1v) is 9.43. The van der Waals surface area contributed by atoms with E-state index in [1.165, 1.54) is 10.4 Å². The maximum atomic E-state index is 12.7. The average molecular weight is 328 g/mol. The number of hydrogen-bond acceptors (Lipinski definition) is 4. The van der Waals surface area contributed by atoms with Crippen LogP contribution in [0.4, 0.5) is 0 Å². The fourth-order valence-corrected chi connectivity index (χ4v) is 4.60. The van der Waals surface area contributed by atoms with Crippen LogP contribution in [0.5, 0.6) is 0 Å². The first-order valence-electron chi connectivity index (χ1n) is 6.58. The van der Waals surface area contributed by atoms with Gasteiger partial charge in [-0.25, -0.2) is 0 Å². The van der Waals surface area contributed by atoms with Gasteiger partial charge in [-0.3, -0.25) is 13.6 Å². The lowest BCUT2D eigenvalue weighted by atomic mass is 10.2. The van der Waals surface area contributed by atoms with Crippen LogP contribution < -0.4 is 5.56 Å². The van der Waals surface area contributed by atoms with Crippen LogP contribution in [0.25, 0.3) is 10.2 Å². The molecule has 1 aliphatic carbocycles. The molecule has 0 spiro atoms. The van der Waals surface area contributed by atoms with Gasteiger partial charge in [0.05, 0.1) is 5.39 Å². The smallest absolute Gasteiger partial charge is 0.263 e. The van der Waals surface area contributed by atoms with Crippen LogP contribution in [0, 0.1) is 4.77 Å². The summed E-state index contributed by atoms with van der Waals surface area (Å²) in [6.45, 7) is 2.28. The molecule has 0 aromatic carbocycles. The highest BCUT2D eigenvalue weighted by Gasteiger charge is 2.22. The predicted molar refractivity (Wildman–Crippen MR) is 86.8 cm³/mol. The van der Waals surface area contributed by atoms with Gasteiger partial charge in [-0.15, -0.1) is 11.3 Å². The zero-order valence-corrected chi connectivity index (χ0v) is 13.8. The molecule has 108 valence electrons. The first kappa shape index (κ1) is 14.2. The fraction of sp³-hybridized carbons (Fsp3) is 0.538.